The Bertz CT molecular complexity index is 1180. The minimum absolute atomic E-state index is 0.227. The Hall–Kier alpha value is -3.67. The van der Waals surface area contributed by atoms with Crippen molar-refractivity contribution in [2.24, 2.45) is 0 Å². The number of anilines is 1. The molecule has 0 spiro atoms. The van der Waals surface area contributed by atoms with Crippen molar-refractivity contribution in [3.63, 3.8) is 0 Å². The van der Waals surface area contributed by atoms with E-state index in [-0.39, 0.29) is 5.91 Å². The van der Waals surface area contributed by atoms with E-state index in [2.05, 4.69) is 40.2 Å². The van der Waals surface area contributed by atoms with Crippen molar-refractivity contribution in [1.82, 2.24) is 19.7 Å². The van der Waals surface area contributed by atoms with Gasteiger partial charge in [0.25, 0.3) is 0 Å². The van der Waals surface area contributed by atoms with Gasteiger partial charge in [-0.3, -0.25) is 9.48 Å². The van der Waals surface area contributed by atoms with Crippen LogP contribution >= 0.6 is 0 Å². The molecule has 3 heterocycles. The molecule has 0 bridgehead atoms. The van der Waals surface area contributed by atoms with E-state index in [9.17, 15) is 4.79 Å². The van der Waals surface area contributed by atoms with Crippen LogP contribution < -0.4 is 4.90 Å². The van der Waals surface area contributed by atoms with Crippen molar-refractivity contribution in [2.45, 2.75) is 19.4 Å². The average Bonchev–Trinajstić information content (AvgIpc) is 3.24. The largest absolute Gasteiger partial charge is 0.353 e. The topological polar surface area (TPSA) is 54.3 Å². The summed E-state index contributed by atoms with van der Waals surface area (Å²) in [5.74, 6) is 1.21. The van der Waals surface area contributed by atoms with E-state index < -0.39 is 0 Å². The highest BCUT2D eigenvalue weighted by atomic mass is 16.2. The molecule has 0 N–H and O–H groups in total. The van der Waals surface area contributed by atoms with Gasteiger partial charge in [-0.15, -0.1) is 0 Å². The molecule has 4 aromatic rings. The fourth-order valence-electron chi connectivity index (χ4n) is 4.37. The van der Waals surface area contributed by atoms with Gasteiger partial charge in [-0.2, -0.15) is 5.10 Å². The summed E-state index contributed by atoms with van der Waals surface area (Å²) in [5, 5.41) is 6.04. The Labute approximate surface area is 188 Å². The molecule has 162 valence electrons. The van der Waals surface area contributed by atoms with Gasteiger partial charge in [-0.1, -0.05) is 54.6 Å². The smallest absolute Gasteiger partial charge is 0.222 e. The van der Waals surface area contributed by atoms with Crippen molar-refractivity contribution >= 4 is 22.6 Å². The maximum Gasteiger partial charge on any atom is 0.222 e. The molecule has 6 heteroatoms. The minimum Gasteiger partial charge on any atom is -0.353 e. The molecule has 1 aliphatic heterocycles. The first-order chi connectivity index (χ1) is 15.8. The van der Waals surface area contributed by atoms with Crippen molar-refractivity contribution in [1.29, 1.82) is 0 Å². The van der Waals surface area contributed by atoms with E-state index in [0.29, 0.717) is 6.42 Å². The number of aromatic nitrogens is 3. The van der Waals surface area contributed by atoms with Crippen LogP contribution in [-0.4, -0.2) is 51.8 Å². The molecular formula is C26H27N5O. The first-order valence-electron chi connectivity index (χ1n) is 11.2. The fraction of sp³-hybridized carbons (Fsp3) is 0.269. The lowest BCUT2D eigenvalue weighted by Crippen LogP contribution is -2.49. The van der Waals surface area contributed by atoms with E-state index >= 15 is 0 Å². The third kappa shape index (κ3) is 4.21. The molecule has 32 heavy (non-hydrogen) atoms. The quantitative estimate of drug-likeness (QED) is 0.464. The zero-order valence-electron chi connectivity index (χ0n) is 18.1. The Morgan fingerprint density at radius 1 is 0.844 bits per heavy atom. The van der Waals surface area contributed by atoms with Crippen LogP contribution in [0.4, 0.5) is 5.82 Å². The van der Waals surface area contributed by atoms with Crippen molar-refractivity contribution in [3.05, 3.63) is 79.0 Å². The molecule has 0 aliphatic carbocycles. The lowest BCUT2D eigenvalue weighted by molar-refractivity contribution is -0.131. The Balaban J connectivity index is 1.19. The number of carbonyl (C=O) groups is 1. The number of pyridine rings is 1. The lowest BCUT2D eigenvalue weighted by Gasteiger charge is -2.35. The summed E-state index contributed by atoms with van der Waals surface area (Å²) in [7, 11) is 0. The third-order valence-electron chi connectivity index (χ3n) is 6.07. The van der Waals surface area contributed by atoms with Crippen molar-refractivity contribution in [2.75, 3.05) is 31.1 Å². The lowest BCUT2D eigenvalue weighted by atomic mass is 10.1. The predicted octanol–water partition coefficient (Wildman–Crippen LogP) is 4.23. The molecule has 1 amide bonds. The van der Waals surface area contributed by atoms with Gasteiger partial charge in [0.05, 0.1) is 5.52 Å². The van der Waals surface area contributed by atoms with Crippen molar-refractivity contribution in [3.8, 4) is 11.3 Å². The molecule has 1 fully saturated rings. The number of hydrogen-bond donors (Lipinski definition) is 0. The van der Waals surface area contributed by atoms with E-state index in [1.807, 2.05) is 58.2 Å². The highest BCUT2D eigenvalue weighted by molar-refractivity contribution is 5.93. The van der Waals surface area contributed by atoms with Gasteiger partial charge in [-0.25, -0.2) is 4.98 Å². The molecule has 1 saturated heterocycles. The minimum atomic E-state index is 0.227. The maximum atomic E-state index is 12.8. The first kappa shape index (κ1) is 20.2. The third-order valence-corrected chi connectivity index (χ3v) is 6.07. The Morgan fingerprint density at radius 3 is 2.38 bits per heavy atom. The normalized spacial score (nSPS) is 14.1. The molecule has 5 rings (SSSR count). The monoisotopic (exact) mass is 425 g/mol. The SMILES string of the molecule is O=C(CCCn1nc(-c2ccccc2)c2ccccc21)N1CCN(c2ccccn2)CC1. The number of para-hydroxylation sites is 1. The number of piperazine rings is 1. The predicted molar refractivity (Wildman–Crippen MR) is 127 cm³/mol. The first-order valence-corrected chi connectivity index (χ1v) is 11.2. The standard InChI is InChI=1S/C26H27N5O/c32-25(30-19-17-29(18-20-30)24-13-6-7-15-27-24)14-8-16-31-23-12-5-4-11-22(23)26(28-31)21-9-2-1-3-10-21/h1-7,9-13,15H,8,14,16-20H2. The molecule has 0 saturated carbocycles. The maximum absolute atomic E-state index is 12.8. The van der Waals surface area contributed by atoms with Gasteiger partial charge in [0.2, 0.25) is 5.91 Å². The van der Waals surface area contributed by atoms with Crippen LogP contribution in [0.2, 0.25) is 0 Å². The number of fused-ring (bicyclic) bond motifs is 1. The van der Waals surface area contributed by atoms with E-state index in [1.165, 1.54) is 0 Å². The van der Waals surface area contributed by atoms with E-state index in [4.69, 9.17) is 5.10 Å². The van der Waals surface area contributed by atoms with Crippen LogP contribution in [0.25, 0.3) is 22.2 Å². The molecule has 0 atom stereocenters. The van der Waals surface area contributed by atoms with Gasteiger partial charge >= 0.3 is 0 Å². The number of rotatable bonds is 6. The molecule has 2 aromatic heterocycles. The van der Waals surface area contributed by atoms with Crippen LogP contribution in [0.15, 0.2) is 79.0 Å². The second kappa shape index (κ2) is 9.22. The van der Waals surface area contributed by atoms with Crippen molar-refractivity contribution < 1.29 is 4.79 Å². The zero-order chi connectivity index (χ0) is 21.8. The summed E-state index contributed by atoms with van der Waals surface area (Å²) in [5.41, 5.74) is 3.23. The average molecular weight is 426 g/mol. The van der Waals surface area contributed by atoms with E-state index in [1.54, 1.807) is 0 Å². The van der Waals surface area contributed by atoms with Gasteiger partial charge in [0, 0.05) is 56.3 Å². The van der Waals surface area contributed by atoms with Gasteiger partial charge < -0.3 is 9.80 Å². The zero-order valence-corrected chi connectivity index (χ0v) is 18.1. The number of aryl methyl sites for hydroxylation is 1. The Morgan fingerprint density at radius 2 is 1.59 bits per heavy atom. The van der Waals surface area contributed by atoms with Gasteiger partial charge in [-0.05, 0) is 24.6 Å². The second-order valence-electron chi connectivity index (χ2n) is 8.11. The van der Waals surface area contributed by atoms with Crippen LogP contribution in [-0.2, 0) is 11.3 Å². The number of carbonyl (C=O) groups excluding carboxylic acids is 1. The molecule has 0 unspecified atom stereocenters. The summed E-state index contributed by atoms with van der Waals surface area (Å²) in [4.78, 5) is 21.4. The Kier molecular flexibility index (Phi) is 5.83. The van der Waals surface area contributed by atoms with Crippen LogP contribution in [0.3, 0.4) is 0 Å². The summed E-state index contributed by atoms with van der Waals surface area (Å²) in [6.45, 7) is 3.88. The summed E-state index contributed by atoms with van der Waals surface area (Å²) in [6.07, 6.45) is 3.13. The summed E-state index contributed by atoms with van der Waals surface area (Å²) >= 11 is 0. The van der Waals surface area contributed by atoms with E-state index in [0.717, 1.165) is 67.1 Å². The number of nitrogens with zero attached hydrogens (tertiary/aromatic N) is 5. The highest BCUT2D eigenvalue weighted by Gasteiger charge is 2.21. The molecule has 1 aliphatic rings. The van der Waals surface area contributed by atoms with Gasteiger partial charge in [0.1, 0.15) is 11.5 Å². The van der Waals surface area contributed by atoms with Crippen LogP contribution in [0.1, 0.15) is 12.8 Å². The number of amides is 1. The number of benzene rings is 2. The molecule has 6 nitrogen and oxygen atoms in total. The van der Waals surface area contributed by atoms with Crippen LogP contribution in [0.5, 0.6) is 0 Å². The second-order valence-corrected chi connectivity index (χ2v) is 8.11. The molecule has 2 aromatic carbocycles. The fourth-order valence-corrected chi connectivity index (χ4v) is 4.37. The molecular weight excluding hydrogens is 398 g/mol. The summed E-state index contributed by atoms with van der Waals surface area (Å²) in [6, 6.07) is 24.5. The van der Waals surface area contributed by atoms with Gasteiger partial charge in [0.15, 0.2) is 0 Å². The number of hydrogen-bond acceptors (Lipinski definition) is 4. The summed E-state index contributed by atoms with van der Waals surface area (Å²) < 4.78 is 2.05. The highest BCUT2D eigenvalue weighted by Crippen LogP contribution is 2.28. The molecule has 0 radical (unpaired) electrons. The van der Waals surface area contributed by atoms with Crippen LogP contribution in [0, 0.1) is 0 Å².